The second kappa shape index (κ2) is 5.84. The van der Waals surface area contributed by atoms with Crippen LogP contribution in [-0.4, -0.2) is 29.9 Å². The number of carboxylic acid groups (broad SMARTS) is 1. The number of carboxylic acids is 1. The summed E-state index contributed by atoms with van der Waals surface area (Å²) < 4.78 is 4.76. The van der Waals surface area contributed by atoms with Crippen LogP contribution in [0, 0.1) is 5.92 Å². The van der Waals surface area contributed by atoms with Crippen molar-refractivity contribution in [2.45, 2.75) is 6.10 Å². The Morgan fingerprint density at radius 2 is 2.25 bits per heavy atom. The first kappa shape index (κ1) is 13.0. The lowest BCUT2D eigenvalue weighted by molar-refractivity contribution is -0.148. The Morgan fingerprint density at radius 3 is 2.75 bits per heavy atom. The summed E-state index contributed by atoms with van der Waals surface area (Å²) in [6.07, 6.45) is -1.13. The molecular weight excluding hydrogens is 232 g/mol. The largest absolute Gasteiger partial charge is 0.481 e. The first-order valence-corrected chi connectivity index (χ1v) is 5.09. The van der Waals surface area contributed by atoms with Gasteiger partial charge in [-0.15, -0.1) is 0 Å². The number of hydrogen-bond donors (Lipinski definition) is 2. The molecule has 0 aromatic heterocycles. The summed E-state index contributed by atoms with van der Waals surface area (Å²) in [5.41, 5.74) is 0.469. The molecule has 4 nitrogen and oxygen atoms in total. The lowest BCUT2D eigenvalue weighted by Crippen LogP contribution is -2.26. The SMILES string of the molecule is COCC(C(=O)O)C(O)c1cccc(Cl)c1. The summed E-state index contributed by atoms with van der Waals surface area (Å²) in [7, 11) is 1.39. The molecular formula is C11H13ClO4. The highest BCUT2D eigenvalue weighted by atomic mass is 35.5. The number of methoxy groups -OCH3 is 1. The second-order valence-corrected chi connectivity index (χ2v) is 3.84. The predicted octanol–water partition coefficient (Wildman–Crippen LogP) is 1.72. The molecule has 2 N–H and O–H groups in total. The number of aliphatic hydroxyl groups is 1. The number of halogens is 1. The Morgan fingerprint density at radius 1 is 1.56 bits per heavy atom. The Kier molecular flexibility index (Phi) is 4.73. The van der Waals surface area contributed by atoms with Gasteiger partial charge in [0, 0.05) is 12.1 Å². The zero-order valence-corrected chi connectivity index (χ0v) is 9.52. The van der Waals surface area contributed by atoms with Gasteiger partial charge in [-0.2, -0.15) is 0 Å². The van der Waals surface area contributed by atoms with Crippen molar-refractivity contribution in [1.82, 2.24) is 0 Å². The normalized spacial score (nSPS) is 14.4. The van der Waals surface area contributed by atoms with E-state index in [-0.39, 0.29) is 6.61 Å². The molecule has 0 radical (unpaired) electrons. The van der Waals surface area contributed by atoms with Crippen LogP contribution < -0.4 is 0 Å². The highest BCUT2D eigenvalue weighted by Gasteiger charge is 2.27. The summed E-state index contributed by atoms with van der Waals surface area (Å²) in [6, 6.07) is 6.48. The third-order valence-corrected chi connectivity index (χ3v) is 2.47. The molecule has 0 heterocycles. The van der Waals surface area contributed by atoms with Crippen LogP contribution in [0.5, 0.6) is 0 Å². The summed E-state index contributed by atoms with van der Waals surface area (Å²) in [5.74, 6) is -2.10. The van der Waals surface area contributed by atoms with Crippen molar-refractivity contribution in [3.8, 4) is 0 Å². The van der Waals surface area contributed by atoms with Gasteiger partial charge in [0.15, 0.2) is 0 Å². The number of hydrogen-bond acceptors (Lipinski definition) is 3. The maximum atomic E-state index is 10.9. The number of carbonyl (C=O) groups is 1. The van der Waals surface area contributed by atoms with Crippen molar-refractivity contribution in [2.75, 3.05) is 13.7 Å². The van der Waals surface area contributed by atoms with Crippen LogP contribution >= 0.6 is 11.6 Å². The highest BCUT2D eigenvalue weighted by molar-refractivity contribution is 6.30. The fourth-order valence-electron chi connectivity index (χ4n) is 1.40. The Balaban J connectivity index is 2.89. The fourth-order valence-corrected chi connectivity index (χ4v) is 1.60. The van der Waals surface area contributed by atoms with Crippen LogP contribution in [-0.2, 0) is 9.53 Å². The standard InChI is InChI=1S/C11H13ClO4/c1-16-6-9(11(14)15)10(13)7-3-2-4-8(12)5-7/h2-5,9-10,13H,6H2,1H3,(H,14,15). The summed E-state index contributed by atoms with van der Waals surface area (Å²) in [4.78, 5) is 10.9. The Bertz CT molecular complexity index is 367. The molecule has 0 saturated heterocycles. The zero-order chi connectivity index (χ0) is 12.1. The molecule has 1 aromatic carbocycles. The van der Waals surface area contributed by atoms with Crippen LogP contribution in [0.15, 0.2) is 24.3 Å². The van der Waals surface area contributed by atoms with E-state index in [0.717, 1.165) is 0 Å². The lowest BCUT2D eigenvalue weighted by atomic mass is 9.96. The average molecular weight is 245 g/mol. The highest BCUT2D eigenvalue weighted by Crippen LogP contribution is 2.24. The Hall–Kier alpha value is -1.10. The van der Waals surface area contributed by atoms with Gasteiger partial charge >= 0.3 is 5.97 Å². The smallest absolute Gasteiger partial charge is 0.311 e. The molecule has 0 saturated carbocycles. The van der Waals surface area contributed by atoms with E-state index in [0.29, 0.717) is 10.6 Å². The van der Waals surface area contributed by atoms with E-state index in [9.17, 15) is 9.90 Å². The molecule has 2 unspecified atom stereocenters. The van der Waals surface area contributed by atoms with E-state index >= 15 is 0 Å². The number of ether oxygens (including phenoxy) is 1. The number of aliphatic carboxylic acids is 1. The summed E-state index contributed by atoms with van der Waals surface area (Å²) in [6.45, 7) is -0.0526. The minimum atomic E-state index is -1.13. The van der Waals surface area contributed by atoms with Crippen LogP contribution in [0.2, 0.25) is 5.02 Å². The van der Waals surface area contributed by atoms with Gasteiger partial charge < -0.3 is 14.9 Å². The quantitative estimate of drug-likeness (QED) is 0.828. The van der Waals surface area contributed by atoms with E-state index in [1.807, 2.05) is 0 Å². The topological polar surface area (TPSA) is 66.8 Å². The van der Waals surface area contributed by atoms with Crippen LogP contribution in [0.4, 0.5) is 0 Å². The van der Waals surface area contributed by atoms with Crippen LogP contribution in [0.25, 0.3) is 0 Å². The molecule has 88 valence electrons. The molecule has 0 aliphatic carbocycles. The second-order valence-electron chi connectivity index (χ2n) is 3.40. The van der Waals surface area contributed by atoms with Crippen molar-refractivity contribution < 1.29 is 19.7 Å². The van der Waals surface area contributed by atoms with Gasteiger partial charge in [0.2, 0.25) is 0 Å². The minimum absolute atomic E-state index is 0.0526. The van der Waals surface area contributed by atoms with E-state index in [1.165, 1.54) is 13.2 Å². The maximum absolute atomic E-state index is 10.9. The van der Waals surface area contributed by atoms with E-state index in [2.05, 4.69) is 0 Å². The van der Waals surface area contributed by atoms with Crippen molar-refractivity contribution >= 4 is 17.6 Å². The maximum Gasteiger partial charge on any atom is 0.311 e. The molecule has 0 aliphatic rings. The van der Waals surface area contributed by atoms with Gasteiger partial charge in [-0.3, -0.25) is 4.79 Å². The van der Waals surface area contributed by atoms with E-state index < -0.39 is 18.0 Å². The van der Waals surface area contributed by atoms with Gasteiger partial charge in [-0.25, -0.2) is 0 Å². The molecule has 2 atom stereocenters. The number of rotatable bonds is 5. The number of aliphatic hydroxyl groups excluding tert-OH is 1. The van der Waals surface area contributed by atoms with Gasteiger partial charge in [0.25, 0.3) is 0 Å². The molecule has 16 heavy (non-hydrogen) atoms. The monoisotopic (exact) mass is 244 g/mol. The first-order valence-electron chi connectivity index (χ1n) is 4.71. The first-order chi connectivity index (χ1) is 7.56. The molecule has 0 amide bonds. The molecule has 1 rings (SSSR count). The molecule has 5 heteroatoms. The molecule has 0 aliphatic heterocycles. The van der Waals surface area contributed by atoms with Gasteiger partial charge in [0.1, 0.15) is 5.92 Å². The third-order valence-electron chi connectivity index (χ3n) is 2.23. The minimum Gasteiger partial charge on any atom is -0.481 e. The average Bonchev–Trinajstić information content (AvgIpc) is 2.24. The van der Waals surface area contributed by atoms with E-state index in [4.69, 9.17) is 21.4 Å². The molecule has 0 spiro atoms. The van der Waals surface area contributed by atoms with Crippen molar-refractivity contribution in [2.24, 2.45) is 5.92 Å². The van der Waals surface area contributed by atoms with Gasteiger partial charge in [-0.05, 0) is 17.7 Å². The summed E-state index contributed by atoms with van der Waals surface area (Å²) in [5, 5.41) is 19.3. The third kappa shape index (κ3) is 3.20. The van der Waals surface area contributed by atoms with Crippen molar-refractivity contribution in [3.05, 3.63) is 34.9 Å². The molecule has 0 bridgehead atoms. The Labute approximate surface area is 98.4 Å². The predicted molar refractivity (Wildman–Crippen MR) is 59.4 cm³/mol. The van der Waals surface area contributed by atoms with E-state index in [1.54, 1.807) is 18.2 Å². The zero-order valence-electron chi connectivity index (χ0n) is 8.76. The molecule has 1 aromatic rings. The number of benzene rings is 1. The van der Waals surface area contributed by atoms with Crippen molar-refractivity contribution in [3.63, 3.8) is 0 Å². The van der Waals surface area contributed by atoms with Crippen LogP contribution in [0.1, 0.15) is 11.7 Å². The fraction of sp³-hybridized carbons (Fsp3) is 0.364. The van der Waals surface area contributed by atoms with Gasteiger partial charge in [-0.1, -0.05) is 23.7 Å². The molecule has 0 fully saturated rings. The van der Waals surface area contributed by atoms with Crippen molar-refractivity contribution in [1.29, 1.82) is 0 Å². The summed E-state index contributed by atoms with van der Waals surface area (Å²) >= 11 is 5.76. The van der Waals surface area contributed by atoms with Crippen LogP contribution in [0.3, 0.4) is 0 Å². The van der Waals surface area contributed by atoms with Gasteiger partial charge in [0.05, 0.1) is 12.7 Å². The lowest BCUT2D eigenvalue weighted by Gasteiger charge is -2.18.